The van der Waals surface area contributed by atoms with Crippen molar-refractivity contribution in [1.29, 1.82) is 0 Å². The summed E-state index contributed by atoms with van der Waals surface area (Å²) in [4.78, 5) is 0. The van der Waals surface area contributed by atoms with E-state index in [0.717, 1.165) is 5.56 Å². The number of aliphatic hydroxyl groups is 1. The molecule has 0 aliphatic carbocycles. The van der Waals surface area contributed by atoms with Crippen molar-refractivity contribution in [3.8, 4) is 0 Å². The van der Waals surface area contributed by atoms with E-state index in [0.29, 0.717) is 22.2 Å². The normalized spacial score (nSPS) is 12.7. The Balaban J connectivity index is 2.15. The van der Waals surface area contributed by atoms with E-state index >= 15 is 0 Å². The van der Waals surface area contributed by atoms with Gasteiger partial charge in [0.05, 0.1) is 0 Å². The monoisotopic (exact) mass is 290 g/mol. The molecular weight excluding hydrogens is 282 g/mol. The van der Waals surface area contributed by atoms with Crippen molar-refractivity contribution >= 4 is 34.8 Å². The molecule has 0 aliphatic heterocycles. The molecule has 1 aromatic heterocycles. The van der Waals surface area contributed by atoms with Gasteiger partial charge in [0.1, 0.15) is 11.9 Å². The third-order valence-electron chi connectivity index (χ3n) is 2.35. The number of hydrogen-bond donors (Lipinski definition) is 1. The number of benzene rings is 1. The molecule has 0 radical (unpaired) electrons. The van der Waals surface area contributed by atoms with Crippen molar-refractivity contribution in [2.24, 2.45) is 0 Å². The topological polar surface area (TPSA) is 33.4 Å². The zero-order valence-corrected chi connectivity index (χ0v) is 10.9. The van der Waals surface area contributed by atoms with Gasteiger partial charge in [0, 0.05) is 16.5 Å². The molecule has 5 heteroatoms. The van der Waals surface area contributed by atoms with E-state index in [1.165, 1.54) is 0 Å². The Bertz CT molecular complexity index is 522. The third-order valence-corrected chi connectivity index (χ3v) is 3.14. The van der Waals surface area contributed by atoms with E-state index in [1.54, 1.807) is 30.3 Å². The molecule has 1 heterocycles. The van der Waals surface area contributed by atoms with E-state index in [-0.39, 0.29) is 5.22 Å². The average Bonchev–Trinajstić information content (AvgIpc) is 2.69. The Morgan fingerprint density at radius 3 is 2.47 bits per heavy atom. The highest BCUT2D eigenvalue weighted by Crippen LogP contribution is 2.27. The molecule has 2 rings (SSSR count). The summed E-state index contributed by atoms with van der Waals surface area (Å²) < 4.78 is 5.13. The standard InChI is InChI=1S/C12H9Cl3O2/c13-8-2-1-7(9(14)6-8)5-10(16)11-3-4-12(15)17-11/h1-4,6,10,16H,5H2. The van der Waals surface area contributed by atoms with Gasteiger partial charge in [0.15, 0.2) is 5.22 Å². The molecule has 0 bridgehead atoms. The van der Waals surface area contributed by atoms with Crippen LogP contribution in [-0.2, 0) is 6.42 Å². The Kier molecular flexibility index (Phi) is 4.00. The van der Waals surface area contributed by atoms with Crippen LogP contribution in [0.2, 0.25) is 15.3 Å². The highest BCUT2D eigenvalue weighted by atomic mass is 35.5. The van der Waals surface area contributed by atoms with Gasteiger partial charge < -0.3 is 9.52 Å². The molecule has 1 N–H and O–H groups in total. The average molecular weight is 292 g/mol. The summed E-state index contributed by atoms with van der Waals surface area (Å²) in [5.41, 5.74) is 0.802. The fraction of sp³-hybridized carbons (Fsp3) is 0.167. The summed E-state index contributed by atoms with van der Waals surface area (Å²) in [6, 6.07) is 8.36. The van der Waals surface area contributed by atoms with Crippen LogP contribution in [0.1, 0.15) is 17.4 Å². The van der Waals surface area contributed by atoms with Crippen molar-refractivity contribution in [3.63, 3.8) is 0 Å². The number of hydrogen-bond acceptors (Lipinski definition) is 2. The summed E-state index contributed by atoms with van der Waals surface area (Å²) in [5, 5.41) is 11.3. The lowest BCUT2D eigenvalue weighted by atomic mass is 10.1. The maximum absolute atomic E-state index is 9.94. The maximum atomic E-state index is 9.94. The fourth-order valence-electron chi connectivity index (χ4n) is 1.50. The van der Waals surface area contributed by atoms with E-state index < -0.39 is 6.10 Å². The minimum atomic E-state index is -0.777. The zero-order valence-electron chi connectivity index (χ0n) is 8.66. The highest BCUT2D eigenvalue weighted by Gasteiger charge is 2.14. The molecule has 0 saturated carbocycles. The van der Waals surface area contributed by atoms with Gasteiger partial charge in [0.25, 0.3) is 0 Å². The van der Waals surface area contributed by atoms with E-state index in [4.69, 9.17) is 39.2 Å². The minimum absolute atomic E-state index is 0.251. The first-order valence-electron chi connectivity index (χ1n) is 4.93. The lowest BCUT2D eigenvalue weighted by Gasteiger charge is -2.09. The summed E-state index contributed by atoms with van der Waals surface area (Å²) in [6.07, 6.45) is -0.430. The van der Waals surface area contributed by atoms with Gasteiger partial charge in [-0.2, -0.15) is 0 Å². The largest absolute Gasteiger partial charge is 0.447 e. The number of furan rings is 1. The summed E-state index contributed by atoms with van der Waals surface area (Å²) in [5.74, 6) is 0.418. The van der Waals surface area contributed by atoms with Crippen LogP contribution >= 0.6 is 34.8 Å². The Morgan fingerprint density at radius 1 is 1.12 bits per heavy atom. The van der Waals surface area contributed by atoms with Crippen LogP contribution in [0.25, 0.3) is 0 Å². The van der Waals surface area contributed by atoms with Crippen LogP contribution in [0.4, 0.5) is 0 Å². The van der Waals surface area contributed by atoms with Gasteiger partial charge in [-0.15, -0.1) is 0 Å². The van der Waals surface area contributed by atoms with Crippen LogP contribution in [-0.4, -0.2) is 5.11 Å². The van der Waals surface area contributed by atoms with Crippen molar-refractivity contribution in [2.75, 3.05) is 0 Å². The highest BCUT2D eigenvalue weighted by molar-refractivity contribution is 6.35. The van der Waals surface area contributed by atoms with Crippen LogP contribution < -0.4 is 0 Å². The van der Waals surface area contributed by atoms with Crippen molar-refractivity contribution in [3.05, 3.63) is 56.9 Å². The molecule has 17 heavy (non-hydrogen) atoms. The zero-order chi connectivity index (χ0) is 12.4. The van der Waals surface area contributed by atoms with Gasteiger partial charge in [-0.25, -0.2) is 0 Å². The molecule has 0 amide bonds. The van der Waals surface area contributed by atoms with Gasteiger partial charge in [-0.05, 0) is 41.4 Å². The molecule has 1 aromatic carbocycles. The van der Waals surface area contributed by atoms with E-state index in [9.17, 15) is 5.11 Å². The van der Waals surface area contributed by atoms with Gasteiger partial charge in [0.2, 0.25) is 0 Å². The van der Waals surface area contributed by atoms with Gasteiger partial charge in [-0.1, -0.05) is 29.3 Å². The quantitative estimate of drug-likeness (QED) is 0.902. The predicted molar refractivity (Wildman–Crippen MR) is 68.8 cm³/mol. The number of rotatable bonds is 3. The van der Waals surface area contributed by atoms with Crippen molar-refractivity contribution < 1.29 is 9.52 Å². The third kappa shape index (κ3) is 3.17. The number of halogens is 3. The van der Waals surface area contributed by atoms with E-state index in [2.05, 4.69) is 0 Å². The van der Waals surface area contributed by atoms with Crippen molar-refractivity contribution in [1.82, 2.24) is 0 Å². The lowest BCUT2D eigenvalue weighted by molar-refractivity contribution is 0.150. The molecule has 1 atom stereocenters. The molecule has 1 unspecified atom stereocenters. The maximum Gasteiger partial charge on any atom is 0.193 e. The van der Waals surface area contributed by atoms with Crippen LogP contribution in [0.5, 0.6) is 0 Å². The smallest absolute Gasteiger partial charge is 0.193 e. The SMILES string of the molecule is OC(Cc1ccc(Cl)cc1Cl)c1ccc(Cl)o1. The predicted octanol–water partition coefficient (Wildman–Crippen LogP) is 4.52. The second-order valence-electron chi connectivity index (χ2n) is 3.60. The van der Waals surface area contributed by atoms with Crippen LogP contribution in [0.3, 0.4) is 0 Å². The van der Waals surface area contributed by atoms with Gasteiger partial charge in [-0.3, -0.25) is 0 Å². The molecular formula is C12H9Cl3O2. The summed E-state index contributed by atoms with van der Waals surface area (Å²) in [6.45, 7) is 0. The molecule has 0 aliphatic rings. The molecule has 0 saturated heterocycles. The summed E-state index contributed by atoms with van der Waals surface area (Å²) >= 11 is 17.4. The first-order valence-corrected chi connectivity index (χ1v) is 6.07. The Morgan fingerprint density at radius 2 is 1.88 bits per heavy atom. The number of aliphatic hydroxyl groups excluding tert-OH is 1. The molecule has 0 spiro atoms. The summed E-state index contributed by atoms with van der Waals surface area (Å²) in [7, 11) is 0. The van der Waals surface area contributed by atoms with E-state index in [1.807, 2.05) is 0 Å². The molecule has 0 fully saturated rings. The van der Waals surface area contributed by atoms with Gasteiger partial charge >= 0.3 is 0 Å². The first kappa shape index (κ1) is 12.8. The molecule has 2 nitrogen and oxygen atoms in total. The molecule has 90 valence electrons. The lowest BCUT2D eigenvalue weighted by Crippen LogP contribution is -2.00. The van der Waals surface area contributed by atoms with Crippen LogP contribution in [0.15, 0.2) is 34.7 Å². The first-order chi connectivity index (χ1) is 8.06. The molecule has 2 aromatic rings. The van der Waals surface area contributed by atoms with Crippen molar-refractivity contribution in [2.45, 2.75) is 12.5 Å². The Hall–Kier alpha value is -0.670. The Labute approximate surface area is 114 Å². The fourth-order valence-corrected chi connectivity index (χ4v) is 2.14. The van der Waals surface area contributed by atoms with Crippen LogP contribution in [0, 0.1) is 0 Å². The second-order valence-corrected chi connectivity index (χ2v) is 4.81. The second kappa shape index (κ2) is 5.32. The minimum Gasteiger partial charge on any atom is -0.447 e.